The van der Waals surface area contributed by atoms with Crippen molar-refractivity contribution < 1.29 is 29.1 Å². The van der Waals surface area contributed by atoms with Crippen LogP contribution in [-0.2, 0) is 16.1 Å². The second-order valence-electron chi connectivity index (χ2n) is 3.29. The number of urea groups is 1. The van der Waals surface area contributed by atoms with Gasteiger partial charge in [-0.3, -0.25) is 4.79 Å². The summed E-state index contributed by atoms with van der Waals surface area (Å²) in [6.45, 7) is 0.0191. The average Bonchev–Trinajstić information content (AvgIpc) is 2.77. The van der Waals surface area contributed by atoms with E-state index in [0.717, 1.165) is 0 Å². The molecule has 9 heteroatoms. The van der Waals surface area contributed by atoms with Gasteiger partial charge in [-0.2, -0.15) is 0 Å². The van der Waals surface area contributed by atoms with E-state index in [9.17, 15) is 14.4 Å². The molecule has 1 rings (SSSR count). The van der Waals surface area contributed by atoms with Crippen molar-refractivity contribution in [1.29, 1.82) is 0 Å². The lowest BCUT2D eigenvalue weighted by Gasteiger charge is -2.12. The van der Waals surface area contributed by atoms with E-state index in [2.05, 4.69) is 10.5 Å². The van der Waals surface area contributed by atoms with E-state index in [-0.39, 0.29) is 6.54 Å². The van der Waals surface area contributed by atoms with Gasteiger partial charge in [0.2, 0.25) is 0 Å². The SMILES string of the molecule is O=C(O)C[C@@H](NC(=O)NCc1ccno1)C(=O)O. The summed E-state index contributed by atoms with van der Waals surface area (Å²) in [5, 5.41) is 24.9. The number of carbonyl (C=O) groups is 3. The Labute approximate surface area is 101 Å². The lowest BCUT2D eigenvalue weighted by atomic mass is 10.2. The first-order chi connectivity index (χ1) is 8.49. The summed E-state index contributed by atoms with van der Waals surface area (Å²) in [5.74, 6) is -2.36. The number of aliphatic carboxylic acids is 2. The van der Waals surface area contributed by atoms with Crippen LogP contribution >= 0.6 is 0 Å². The molecule has 0 spiro atoms. The van der Waals surface area contributed by atoms with Crippen molar-refractivity contribution in [2.24, 2.45) is 0 Å². The summed E-state index contributed by atoms with van der Waals surface area (Å²) in [6, 6.07) is -0.774. The Balaban J connectivity index is 2.41. The van der Waals surface area contributed by atoms with E-state index in [0.29, 0.717) is 5.76 Å². The highest BCUT2D eigenvalue weighted by Crippen LogP contribution is 1.96. The van der Waals surface area contributed by atoms with Crippen molar-refractivity contribution >= 4 is 18.0 Å². The minimum Gasteiger partial charge on any atom is -0.481 e. The lowest BCUT2D eigenvalue weighted by Crippen LogP contribution is -2.46. The predicted octanol–water partition coefficient (Wildman–Crippen LogP) is -0.598. The summed E-state index contributed by atoms with van der Waals surface area (Å²) in [4.78, 5) is 32.3. The topological polar surface area (TPSA) is 142 Å². The maximum Gasteiger partial charge on any atom is 0.326 e. The number of nitrogens with one attached hydrogen (secondary N) is 2. The fraction of sp³-hybridized carbons (Fsp3) is 0.333. The Kier molecular flexibility index (Phi) is 4.67. The predicted molar refractivity (Wildman–Crippen MR) is 55.6 cm³/mol. The van der Waals surface area contributed by atoms with Crippen LogP contribution < -0.4 is 10.6 Å². The van der Waals surface area contributed by atoms with Crippen molar-refractivity contribution in [3.05, 3.63) is 18.0 Å². The van der Waals surface area contributed by atoms with E-state index >= 15 is 0 Å². The van der Waals surface area contributed by atoms with Gasteiger partial charge in [0, 0.05) is 6.07 Å². The first-order valence-corrected chi connectivity index (χ1v) is 4.87. The van der Waals surface area contributed by atoms with E-state index in [4.69, 9.17) is 14.7 Å². The highest BCUT2D eigenvalue weighted by Gasteiger charge is 2.22. The van der Waals surface area contributed by atoms with Crippen LogP contribution in [0, 0.1) is 0 Å². The first-order valence-electron chi connectivity index (χ1n) is 4.87. The van der Waals surface area contributed by atoms with Crippen molar-refractivity contribution in [3.8, 4) is 0 Å². The third-order valence-corrected chi connectivity index (χ3v) is 1.90. The van der Waals surface area contributed by atoms with Crippen LogP contribution in [0.3, 0.4) is 0 Å². The molecule has 0 unspecified atom stereocenters. The molecule has 0 radical (unpaired) electrons. The second-order valence-corrected chi connectivity index (χ2v) is 3.29. The number of carboxylic acid groups (broad SMARTS) is 2. The Morgan fingerprint density at radius 1 is 1.39 bits per heavy atom. The van der Waals surface area contributed by atoms with Crippen LogP contribution in [-0.4, -0.2) is 39.4 Å². The molecule has 18 heavy (non-hydrogen) atoms. The number of aromatic nitrogens is 1. The van der Waals surface area contributed by atoms with Gasteiger partial charge in [0.05, 0.1) is 19.2 Å². The summed E-state index contributed by atoms with van der Waals surface area (Å²) >= 11 is 0. The zero-order valence-electron chi connectivity index (χ0n) is 9.12. The Morgan fingerprint density at radius 2 is 2.11 bits per heavy atom. The molecular formula is C9H11N3O6. The van der Waals surface area contributed by atoms with Gasteiger partial charge in [0.1, 0.15) is 6.04 Å². The molecule has 0 saturated heterocycles. The highest BCUT2D eigenvalue weighted by atomic mass is 16.5. The maximum absolute atomic E-state index is 11.3. The Hall–Kier alpha value is -2.58. The molecular weight excluding hydrogens is 246 g/mol. The number of hydrogen-bond acceptors (Lipinski definition) is 5. The largest absolute Gasteiger partial charge is 0.481 e. The molecule has 1 heterocycles. The molecule has 1 atom stereocenters. The van der Waals surface area contributed by atoms with Crippen LogP contribution in [0.25, 0.3) is 0 Å². The smallest absolute Gasteiger partial charge is 0.326 e. The molecule has 4 N–H and O–H groups in total. The fourth-order valence-electron chi connectivity index (χ4n) is 1.08. The lowest BCUT2D eigenvalue weighted by molar-refractivity contribution is -0.145. The van der Waals surface area contributed by atoms with Gasteiger partial charge in [0.15, 0.2) is 5.76 Å². The first kappa shape index (κ1) is 13.5. The van der Waals surface area contributed by atoms with Crippen molar-refractivity contribution in [3.63, 3.8) is 0 Å². The van der Waals surface area contributed by atoms with E-state index < -0.39 is 30.4 Å². The summed E-state index contributed by atoms with van der Waals surface area (Å²) in [7, 11) is 0. The molecule has 9 nitrogen and oxygen atoms in total. The molecule has 0 aliphatic heterocycles. The monoisotopic (exact) mass is 257 g/mol. The number of carboxylic acids is 2. The van der Waals surface area contributed by atoms with Crippen molar-refractivity contribution in [1.82, 2.24) is 15.8 Å². The highest BCUT2D eigenvalue weighted by molar-refractivity contribution is 5.86. The van der Waals surface area contributed by atoms with Crippen LogP contribution in [0.15, 0.2) is 16.8 Å². The molecule has 1 aromatic heterocycles. The summed E-state index contributed by atoms with van der Waals surface area (Å²) in [5.41, 5.74) is 0. The van der Waals surface area contributed by atoms with Gasteiger partial charge in [-0.1, -0.05) is 5.16 Å². The minimum absolute atomic E-state index is 0.0191. The molecule has 0 fully saturated rings. The number of carbonyl (C=O) groups excluding carboxylic acids is 1. The average molecular weight is 257 g/mol. The van der Waals surface area contributed by atoms with Crippen molar-refractivity contribution in [2.75, 3.05) is 0 Å². The zero-order valence-corrected chi connectivity index (χ0v) is 9.12. The Bertz CT molecular complexity index is 430. The normalized spacial score (nSPS) is 11.6. The Morgan fingerprint density at radius 3 is 2.61 bits per heavy atom. The summed E-state index contributed by atoms with van der Waals surface area (Å²) < 4.78 is 4.70. The standard InChI is InChI=1S/C9H11N3O6/c13-7(14)3-6(8(15)16)12-9(17)10-4-5-1-2-11-18-5/h1-2,6H,3-4H2,(H,13,14)(H,15,16)(H2,10,12,17)/t6-/m1/s1. The van der Waals surface area contributed by atoms with Crippen LogP contribution in [0.5, 0.6) is 0 Å². The number of hydrogen-bond donors (Lipinski definition) is 4. The number of nitrogens with zero attached hydrogens (tertiary/aromatic N) is 1. The van der Waals surface area contributed by atoms with Gasteiger partial charge in [0.25, 0.3) is 0 Å². The fourth-order valence-corrected chi connectivity index (χ4v) is 1.08. The van der Waals surface area contributed by atoms with Crippen LogP contribution in [0.2, 0.25) is 0 Å². The molecule has 0 aliphatic rings. The van der Waals surface area contributed by atoms with Gasteiger partial charge in [-0.15, -0.1) is 0 Å². The van der Waals surface area contributed by atoms with Gasteiger partial charge in [-0.25, -0.2) is 9.59 Å². The van der Waals surface area contributed by atoms with E-state index in [1.54, 1.807) is 0 Å². The third-order valence-electron chi connectivity index (χ3n) is 1.90. The quantitative estimate of drug-likeness (QED) is 0.533. The summed E-state index contributed by atoms with van der Waals surface area (Å²) in [6.07, 6.45) is 0.685. The third kappa shape index (κ3) is 4.51. The molecule has 98 valence electrons. The molecule has 1 aromatic rings. The van der Waals surface area contributed by atoms with Crippen molar-refractivity contribution in [2.45, 2.75) is 19.0 Å². The molecule has 0 saturated carbocycles. The van der Waals surface area contributed by atoms with Gasteiger partial charge >= 0.3 is 18.0 Å². The van der Waals surface area contributed by atoms with E-state index in [1.165, 1.54) is 12.3 Å². The van der Waals surface area contributed by atoms with E-state index in [1.807, 2.05) is 5.32 Å². The molecule has 0 aromatic carbocycles. The molecule has 2 amide bonds. The molecule has 0 bridgehead atoms. The minimum atomic E-state index is -1.49. The van der Waals surface area contributed by atoms with Gasteiger partial charge in [-0.05, 0) is 0 Å². The van der Waals surface area contributed by atoms with Gasteiger partial charge < -0.3 is 25.4 Å². The molecule has 0 aliphatic carbocycles. The number of amides is 2. The van der Waals surface area contributed by atoms with Crippen LogP contribution in [0.1, 0.15) is 12.2 Å². The maximum atomic E-state index is 11.3. The second kappa shape index (κ2) is 6.23. The zero-order chi connectivity index (χ0) is 13.5. The number of rotatable bonds is 6. The van der Waals surface area contributed by atoms with Crippen LogP contribution in [0.4, 0.5) is 4.79 Å².